The fourth-order valence-corrected chi connectivity index (χ4v) is 3.25. The van der Waals surface area contributed by atoms with Crippen LogP contribution in [-0.4, -0.2) is 35.4 Å². The molecule has 0 aliphatic carbocycles. The van der Waals surface area contributed by atoms with E-state index in [-0.39, 0.29) is 30.8 Å². The van der Waals surface area contributed by atoms with Crippen molar-refractivity contribution in [3.8, 4) is 5.75 Å². The molecule has 0 saturated heterocycles. The summed E-state index contributed by atoms with van der Waals surface area (Å²) < 4.78 is 5.73. The summed E-state index contributed by atoms with van der Waals surface area (Å²) in [7, 11) is 0. The third kappa shape index (κ3) is 7.91. The number of nitrogens with zero attached hydrogens (tertiary/aromatic N) is 1. The lowest BCUT2D eigenvalue weighted by molar-refractivity contribution is -0.141. The van der Waals surface area contributed by atoms with Crippen molar-refractivity contribution in [2.45, 2.75) is 65.6 Å². The van der Waals surface area contributed by atoms with Gasteiger partial charge in [0.2, 0.25) is 11.8 Å². The number of ether oxygens (including phenoxy) is 1. The number of carbonyl (C=O) groups excluding carboxylic acids is 2. The van der Waals surface area contributed by atoms with E-state index in [0.717, 1.165) is 17.7 Å². The lowest BCUT2D eigenvalue weighted by Crippen LogP contribution is -2.49. The summed E-state index contributed by atoms with van der Waals surface area (Å²) in [6, 6.07) is 14.7. The highest BCUT2D eigenvalue weighted by Crippen LogP contribution is 2.20. The van der Waals surface area contributed by atoms with Crippen LogP contribution in [0.25, 0.3) is 0 Å². The molecule has 0 saturated carbocycles. The van der Waals surface area contributed by atoms with E-state index in [4.69, 9.17) is 16.3 Å². The molecule has 0 spiro atoms. The molecule has 0 fully saturated rings. The van der Waals surface area contributed by atoms with Crippen molar-refractivity contribution < 1.29 is 14.3 Å². The van der Waals surface area contributed by atoms with Gasteiger partial charge in [-0.15, -0.1) is 0 Å². The van der Waals surface area contributed by atoms with Crippen LogP contribution in [0.15, 0.2) is 48.5 Å². The maximum absolute atomic E-state index is 13.1. The Morgan fingerprint density at radius 1 is 1.10 bits per heavy atom. The molecule has 0 aromatic heterocycles. The number of benzene rings is 2. The van der Waals surface area contributed by atoms with Crippen LogP contribution >= 0.6 is 11.6 Å². The quantitative estimate of drug-likeness (QED) is 0.488. The first-order valence-electron chi connectivity index (χ1n) is 10.8. The van der Waals surface area contributed by atoms with Crippen molar-refractivity contribution in [2.75, 3.05) is 6.61 Å². The Hall–Kier alpha value is -2.53. The van der Waals surface area contributed by atoms with Crippen LogP contribution in [-0.2, 0) is 16.1 Å². The molecule has 31 heavy (non-hydrogen) atoms. The second-order valence-corrected chi connectivity index (χ2v) is 8.28. The molecule has 2 rings (SSSR count). The van der Waals surface area contributed by atoms with E-state index in [2.05, 4.69) is 5.32 Å². The van der Waals surface area contributed by atoms with Crippen molar-refractivity contribution >= 4 is 23.4 Å². The summed E-state index contributed by atoms with van der Waals surface area (Å²) in [5.41, 5.74) is 1.99. The number of halogens is 1. The van der Waals surface area contributed by atoms with Gasteiger partial charge in [0.25, 0.3) is 0 Å². The number of amides is 2. The first kappa shape index (κ1) is 24.7. The Kier molecular flexibility index (Phi) is 9.86. The minimum Gasteiger partial charge on any atom is -0.494 e. The number of aryl methyl sites for hydroxylation is 1. The number of hydrogen-bond donors (Lipinski definition) is 1. The molecule has 0 heterocycles. The van der Waals surface area contributed by atoms with Gasteiger partial charge >= 0.3 is 0 Å². The first-order chi connectivity index (χ1) is 14.8. The fraction of sp³-hybridized carbons (Fsp3) is 0.440. The molecule has 0 bridgehead atoms. The number of rotatable bonds is 11. The summed E-state index contributed by atoms with van der Waals surface area (Å²) in [4.78, 5) is 27.4. The molecule has 6 heteroatoms. The van der Waals surface area contributed by atoms with E-state index in [1.54, 1.807) is 17.9 Å². The van der Waals surface area contributed by atoms with Crippen molar-refractivity contribution in [2.24, 2.45) is 0 Å². The average Bonchev–Trinajstić information content (AvgIpc) is 2.76. The van der Waals surface area contributed by atoms with Crippen molar-refractivity contribution in [1.82, 2.24) is 10.2 Å². The largest absolute Gasteiger partial charge is 0.494 e. The molecule has 0 radical (unpaired) electrons. The van der Waals surface area contributed by atoms with E-state index >= 15 is 0 Å². The maximum atomic E-state index is 13.1. The zero-order chi connectivity index (χ0) is 22.8. The summed E-state index contributed by atoms with van der Waals surface area (Å²) >= 11 is 6.31. The van der Waals surface area contributed by atoms with E-state index in [1.807, 2.05) is 63.2 Å². The number of nitrogens with one attached hydrogen (secondary N) is 1. The molecule has 0 aliphatic rings. The molecule has 2 aromatic rings. The number of hydrogen-bond acceptors (Lipinski definition) is 3. The highest BCUT2D eigenvalue weighted by Gasteiger charge is 2.27. The Labute approximate surface area is 190 Å². The van der Waals surface area contributed by atoms with Gasteiger partial charge in [0.15, 0.2) is 0 Å². The van der Waals surface area contributed by atoms with Gasteiger partial charge in [-0.1, -0.05) is 54.4 Å². The Bertz CT molecular complexity index is 854. The average molecular weight is 445 g/mol. The van der Waals surface area contributed by atoms with Crippen LogP contribution < -0.4 is 10.1 Å². The lowest BCUT2D eigenvalue weighted by Gasteiger charge is -2.30. The summed E-state index contributed by atoms with van der Waals surface area (Å²) in [5.74, 6) is 0.525. The predicted molar refractivity (Wildman–Crippen MR) is 125 cm³/mol. The Morgan fingerprint density at radius 2 is 1.77 bits per heavy atom. The Morgan fingerprint density at radius 3 is 2.42 bits per heavy atom. The van der Waals surface area contributed by atoms with E-state index in [9.17, 15) is 9.59 Å². The van der Waals surface area contributed by atoms with Crippen LogP contribution in [0.3, 0.4) is 0 Å². The standard InChI is InChI=1S/C25H33ClN2O3/c1-5-19(3)27-25(30)20(4)28(17-21-9-6-7-10-23(21)26)24(29)11-8-16-31-22-14-12-18(2)13-15-22/h6-7,9-10,12-15,19-20H,5,8,11,16-17H2,1-4H3,(H,27,30)/t19-,20+/m0/s1. The molecule has 2 atom stereocenters. The van der Waals surface area contributed by atoms with Gasteiger partial charge in [-0.2, -0.15) is 0 Å². The van der Waals surface area contributed by atoms with Crippen molar-refractivity contribution in [3.63, 3.8) is 0 Å². The number of carbonyl (C=O) groups is 2. The molecule has 0 unspecified atom stereocenters. The fourth-order valence-electron chi connectivity index (χ4n) is 3.05. The molecular formula is C25H33ClN2O3. The van der Waals surface area contributed by atoms with Crippen LogP contribution in [0.4, 0.5) is 0 Å². The van der Waals surface area contributed by atoms with Gasteiger partial charge in [0, 0.05) is 24.0 Å². The minimum atomic E-state index is -0.601. The first-order valence-corrected chi connectivity index (χ1v) is 11.2. The lowest BCUT2D eigenvalue weighted by atomic mass is 10.1. The summed E-state index contributed by atoms with van der Waals surface area (Å²) in [5, 5.41) is 3.55. The van der Waals surface area contributed by atoms with Crippen molar-refractivity contribution in [1.29, 1.82) is 0 Å². The summed E-state index contributed by atoms with van der Waals surface area (Å²) in [6.45, 7) is 8.46. The zero-order valence-corrected chi connectivity index (χ0v) is 19.6. The molecular weight excluding hydrogens is 412 g/mol. The van der Waals surface area contributed by atoms with Crippen LogP contribution in [0, 0.1) is 6.92 Å². The zero-order valence-electron chi connectivity index (χ0n) is 18.9. The van der Waals surface area contributed by atoms with Gasteiger partial charge < -0.3 is 15.0 Å². The topological polar surface area (TPSA) is 58.6 Å². The molecule has 0 aliphatic heterocycles. The monoisotopic (exact) mass is 444 g/mol. The smallest absolute Gasteiger partial charge is 0.242 e. The highest BCUT2D eigenvalue weighted by molar-refractivity contribution is 6.31. The van der Waals surface area contributed by atoms with Crippen molar-refractivity contribution in [3.05, 3.63) is 64.7 Å². The second kappa shape index (κ2) is 12.4. The van der Waals surface area contributed by atoms with Crippen LogP contribution in [0.5, 0.6) is 5.75 Å². The predicted octanol–water partition coefficient (Wildman–Crippen LogP) is 5.14. The van der Waals surface area contributed by atoms with E-state index in [0.29, 0.717) is 18.1 Å². The summed E-state index contributed by atoms with van der Waals surface area (Å²) in [6.07, 6.45) is 1.68. The maximum Gasteiger partial charge on any atom is 0.242 e. The van der Waals surface area contributed by atoms with E-state index in [1.165, 1.54) is 5.56 Å². The molecule has 2 amide bonds. The van der Waals surface area contributed by atoms with Gasteiger partial charge in [-0.25, -0.2) is 0 Å². The normalized spacial score (nSPS) is 12.7. The highest BCUT2D eigenvalue weighted by atomic mass is 35.5. The molecule has 1 N–H and O–H groups in total. The van der Waals surface area contributed by atoms with Crippen LogP contribution in [0.2, 0.25) is 5.02 Å². The molecule has 2 aromatic carbocycles. The Balaban J connectivity index is 2.01. The second-order valence-electron chi connectivity index (χ2n) is 7.87. The van der Waals surface area contributed by atoms with Gasteiger partial charge in [0.1, 0.15) is 11.8 Å². The third-order valence-corrected chi connectivity index (χ3v) is 5.66. The van der Waals surface area contributed by atoms with E-state index < -0.39 is 6.04 Å². The third-order valence-electron chi connectivity index (χ3n) is 5.29. The molecule has 5 nitrogen and oxygen atoms in total. The van der Waals surface area contributed by atoms with Gasteiger partial charge in [-0.05, 0) is 57.4 Å². The molecule has 168 valence electrons. The SMILES string of the molecule is CC[C@H](C)NC(=O)[C@@H](C)N(Cc1ccccc1Cl)C(=O)CCCOc1ccc(C)cc1. The minimum absolute atomic E-state index is 0.0510. The van der Waals surface area contributed by atoms with Gasteiger partial charge in [0.05, 0.1) is 6.61 Å². The van der Waals surface area contributed by atoms with Crippen LogP contribution in [0.1, 0.15) is 51.2 Å². The van der Waals surface area contributed by atoms with Gasteiger partial charge in [-0.3, -0.25) is 9.59 Å².